The fourth-order valence-electron chi connectivity index (χ4n) is 12.6. The molecule has 0 heterocycles. The van der Waals surface area contributed by atoms with Gasteiger partial charge in [0.25, 0.3) is 0 Å². The standard InChI is InChI=1S/C49H52F2N2O4/c1-31(32-10-5-4-6-11-32)52-44(56)53(29-35-14-9-13-33-12-7-8-15-37(33)35)30-48(57)23-20-42-46(48,3)22-19-41-45(2)21-18-36(54)27-47(45)24-25-49(41,42)38(28-47)43(55)34-16-17-39(50)40(51)26-34/h4-17,24-26,28,31,36,41-42,54,57H,18-23,27,29-30H2,1-3H3,(H,52,56). The number of Topliss-reactive ketones (excluding diaryl/α,β-unsaturated/α-hetero) is 1. The van der Waals surface area contributed by atoms with Crippen LogP contribution >= 0.6 is 0 Å². The predicted molar refractivity (Wildman–Crippen MR) is 217 cm³/mol. The Kier molecular flexibility index (Phi) is 8.94. The van der Waals surface area contributed by atoms with Crippen molar-refractivity contribution in [3.8, 4) is 0 Å². The van der Waals surface area contributed by atoms with E-state index in [1.807, 2.05) is 61.5 Å². The van der Waals surface area contributed by atoms with Gasteiger partial charge in [-0.05, 0) is 109 Å². The Morgan fingerprint density at radius 1 is 0.842 bits per heavy atom. The molecular formula is C49H52F2N2O4. The highest BCUT2D eigenvalue weighted by Gasteiger charge is 2.74. The summed E-state index contributed by atoms with van der Waals surface area (Å²) in [6.45, 7) is 6.80. The Balaban J connectivity index is 1.11. The first-order valence-electron chi connectivity index (χ1n) is 20.6. The molecule has 8 heteroatoms. The first-order valence-corrected chi connectivity index (χ1v) is 20.6. The van der Waals surface area contributed by atoms with Crippen molar-refractivity contribution in [2.24, 2.45) is 33.5 Å². The van der Waals surface area contributed by atoms with E-state index in [-0.39, 0.29) is 53.8 Å². The average molecular weight is 771 g/mol. The van der Waals surface area contributed by atoms with Crippen molar-refractivity contribution in [2.75, 3.05) is 6.54 Å². The van der Waals surface area contributed by atoms with E-state index in [2.05, 4.69) is 55.6 Å². The van der Waals surface area contributed by atoms with E-state index in [4.69, 9.17) is 0 Å². The number of fused-ring (bicyclic) bond motifs is 2. The summed E-state index contributed by atoms with van der Waals surface area (Å²) in [6.07, 6.45) is 10.4. The number of urea groups is 1. The lowest BCUT2D eigenvalue weighted by Crippen LogP contribution is -2.67. The third-order valence-corrected chi connectivity index (χ3v) is 15.8. The van der Waals surface area contributed by atoms with Gasteiger partial charge >= 0.3 is 6.03 Å². The molecule has 57 heavy (non-hydrogen) atoms. The van der Waals surface area contributed by atoms with E-state index in [0.717, 1.165) is 46.9 Å². The van der Waals surface area contributed by atoms with E-state index in [1.165, 1.54) is 6.07 Å². The van der Waals surface area contributed by atoms with Crippen molar-refractivity contribution in [1.29, 1.82) is 0 Å². The minimum absolute atomic E-state index is 0.0268. The molecule has 0 aromatic heterocycles. The van der Waals surface area contributed by atoms with Crippen LogP contribution in [0.15, 0.2) is 115 Å². The van der Waals surface area contributed by atoms with Crippen LogP contribution in [0.1, 0.15) is 93.2 Å². The second-order valence-electron chi connectivity index (χ2n) is 18.3. The number of rotatable bonds is 8. The zero-order chi connectivity index (χ0) is 40.0. The molecular weight excluding hydrogens is 719 g/mol. The van der Waals surface area contributed by atoms with Crippen LogP contribution in [0.3, 0.4) is 0 Å². The summed E-state index contributed by atoms with van der Waals surface area (Å²) in [5, 5.41) is 29.7. The second kappa shape index (κ2) is 13.5. The van der Waals surface area contributed by atoms with Gasteiger partial charge in [0.05, 0.1) is 24.3 Å². The molecule has 3 saturated carbocycles. The van der Waals surface area contributed by atoms with Crippen LogP contribution in [-0.2, 0) is 6.54 Å². The van der Waals surface area contributed by atoms with Crippen LogP contribution in [0, 0.1) is 45.1 Å². The fraction of sp³-hybridized carbons (Fsp3) is 0.429. The maximum absolute atomic E-state index is 14.8. The van der Waals surface area contributed by atoms with Crippen LogP contribution < -0.4 is 5.32 Å². The molecule has 10 rings (SSSR count). The lowest BCUT2D eigenvalue weighted by Gasteiger charge is -2.71. The number of nitrogens with zero attached hydrogens (tertiary/aromatic N) is 1. The summed E-state index contributed by atoms with van der Waals surface area (Å²) in [4.78, 5) is 31.2. The molecule has 296 valence electrons. The van der Waals surface area contributed by atoms with E-state index in [0.29, 0.717) is 37.7 Å². The highest BCUT2D eigenvalue weighted by molar-refractivity contribution is 6.10. The molecule has 6 aliphatic carbocycles. The Morgan fingerprint density at radius 3 is 2.33 bits per heavy atom. The number of carbonyl (C=O) groups excluding carboxylic acids is 2. The van der Waals surface area contributed by atoms with Gasteiger partial charge in [0.2, 0.25) is 0 Å². The van der Waals surface area contributed by atoms with Gasteiger partial charge in [0.15, 0.2) is 17.4 Å². The predicted octanol–water partition coefficient (Wildman–Crippen LogP) is 9.86. The average Bonchev–Trinajstić information content (AvgIpc) is 3.48. The van der Waals surface area contributed by atoms with Gasteiger partial charge in [-0.25, -0.2) is 13.6 Å². The lowest BCUT2D eigenvalue weighted by molar-refractivity contribution is -0.174. The number of aliphatic hydroxyl groups is 2. The Hall–Kier alpha value is -4.66. The Bertz CT molecular complexity index is 2320. The number of halogens is 2. The number of hydrogen-bond acceptors (Lipinski definition) is 4. The van der Waals surface area contributed by atoms with Gasteiger partial charge in [-0.3, -0.25) is 4.79 Å². The first kappa shape index (κ1) is 37.9. The van der Waals surface area contributed by atoms with Gasteiger partial charge in [-0.2, -0.15) is 0 Å². The number of aliphatic hydroxyl groups excluding tert-OH is 1. The molecule has 0 saturated heterocycles. The molecule has 3 N–H and O–H groups in total. The molecule has 2 spiro atoms. The van der Waals surface area contributed by atoms with Gasteiger partial charge in [0, 0.05) is 33.9 Å². The summed E-state index contributed by atoms with van der Waals surface area (Å²) in [7, 11) is 0. The molecule has 4 aromatic carbocycles. The molecule has 6 nitrogen and oxygen atoms in total. The summed E-state index contributed by atoms with van der Waals surface area (Å²) in [5.41, 5.74) is -1.02. The molecule has 4 aromatic rings. The number of nitrogens with one attached hydrogen (secondary N) is 1. The van der Waals surface area contributed by atoms with Crippen LogP contribution in [0.25, 0.3) is 10.8 Å². The highest BCUT2D eigenvalue weighted by Crippen LogP contribution is 2.78. The maximum atomic E-state index is 14.8. The second-order valence-corrected chi connectivity index (χ2v) is 18.3. The SMILES string of the molecule is CC(NC(=O)N(Cc1cccc2ccccc12)CC1(O)CCC2C34C=CC5(C=C3C(=O)c3ccc(F)c(F)c3)CC(O)CCC5(C)C4CCC21C)c1ccccc1. The number of benzene rings is 4. The van der Waals surface area contributed by atoms with Crippen molar-refractivity contribution in [2.45, 2.75) is 90.0 Å². The first-order chi connectivity index (χ1) is 27.2. The smallest absolute Gasteiger partial charge is 0.318 e. The molecule has 2 amide bonds. The van der Waals surface area contributed by atoms with Gasteiger partial charge in [0.1, 0.15) is 0 Å². The van der Waals surface area contributed by atoms with Crippen LogP contribution in [0.2, 0.25) is 0 Å². The van der Waals surface area contributed by atoms with Crippen molar-refractivity contribution in [1.82, 2.24) is 10.2 Å². The molecule has 6 aliphatic rings. The molecule has 0 aliphatic heterocycles. The monoisotopic (exact) mass is 770 g/mol. The summed E-state index contributed by atoms with van der Waals surface area (Å²) in [6, 6.07) is 26.9. The molecule has 9 unspecified atom stereocenters. The summed E-state index contributed by atoms with van der Waals surface area (Å²) < 4.78 is 28.9. The van der Waals surface area contributed by atoms with Crippen LogP contribution in [-0.4, -0.2) is 45.2 Å². The molecule has 3 fully saturated rings. The van der Waals surface area contributed by atoms with E-state index < -0.39 is 39.6 Å². The van der Waals surface area contributed by atoms with Crippen molar-refractivity contribution in [3.63, 3.8) is 0 Å². The molecule has 9 atom stereocenters. The summed E-state index contributed by atoms with van der Waals surface area (Å²) >= 11 is 0. The van der Waals surface area contributed by atoms with E-state index in [1.54, 1.807) is 4.90 Å². The van der Waals surface area contributed by atoms with Gasteiger partial charge in [-0.15, -0.1) is 0 Å². The van der Waals surface area contributed by atoms with E-state index >= 15 is 0 Å². The van der Waals surface area contributed by atoms with Gasteiger partial charge < -0.3 is 20.4 Å². The number of hydrogen-bond donors (Lipinski definition) is 3. The third-order valence-electron chi connectivity index (χ3n) is 15.8. The van der Waals surface area contributed by atoms with Crippen molar-refractivity contribution < 1.29 is 28.6 Å². The topological polar surface area (TPSA) is 89.9 Å². The van der Waals surface area contributed by atoms with Gasteiger partial charge in [-0.1, -0.05) is 105 Å². The van der Waals surface area contributed by atoms with E-state index in [9.17, 15) is 28.6 Å². The number of allylic oxidation sites excluding steroid dienone is 4. The minimum Gasteiger partial charge on any atom is -0.393 e. The van der Waals surface area contributed by atoms with Crippen LogP contribution in [0.4, 0.5) is 13.6 Å². The molecule has 0 radical (unpaired) electrons. The zero-order valence-electron chi connectivity index (χ0n) is 33.0. The number of carbonyl (C=O) groups is 2. The lowest BCUT2D eigenvalue weighted by atomic mass is 9.32. The van der Waals surface area contributed by atoms with Crippen molar-refractivity contribution >= 4 is 22.6 Å². The fourth-order valence-corrected chi connectivity index (χ4v) is 12.6. The largest absolute Gasteiger partial charge is 0.393 e. The summed E-state index contributed by atoms with van der Waals surface area (Å²) in [5.74, 6) is -2.57. The molecule has 2 bridgehead atoms. The number of amides is 2. The zero-order valence-corrected chi connectivity index (χ0v) is 33.0. The quantitative estimate of drug-likeness (QED) is 0.123. The van der Waals surface area contributed by atoms with Crippen LogP contribution in [0.5, 0.6) is 0 Å². The number of ketones is 1. The maximum Gasteiger partial charge on any atom is 0.318 e. The Labute approximate surface area is 333 Å². The minimum atomic E-state index is -1.31. The normalized spacial score (nSPS) is 34.2. The van der Waals surface area contributed by atoms with Crippen molar-refractivity contribution in [3.05, 3.63) is 143 Å². The highest BCUT2D eigenvalue weighted by atomic mass is 19.2. The third kappa shape index (κ3) is 5.60. The Morgan fingerprint density at radius 2 is 1.54 bits per heavy atom.